The van der Waals surface area contributed by atoms with Crippen molar-refractivity contribution in [2.75, 3.05) is 78.9 Å². The molecule has 8 atom stereocenters. The first kappa shape index (κ1) is 63.4. The van der Waals surface area contributed by atoms with E-state index in [1.807, 2.05) is 9.80 Å². The number of hydrogen-bond acceptors (Lipinski definition) is 14. The third-order valence-corrected chi connectivity index (χ3v) is 12.4. The largest absolute Gasteiger partial charge is 0.394 e. The van der Waals surface area contributed by atoms with Crippen LogP contribution in [-0.4, -0.2) is 189 Å². The summed E-state index contributed by atoms with van der Waals surface area (Å²) < 4.78 is 11.6. The van der Waals surface area contributed by atoms with Gasteiger partial charge < -0.3 is 60.5 Å². The van der Waals surface area contributed by atoms with Crippen molar-refractivity contribution in [1.82, 2.24) is 9.80 Å². The first-order valence-corrected chi connectivity index (χ1v) is 26.3. The Bertz CT molecular complexity index is 873. The molecule has 0 radical (unpaired) electrons. The summed E-state index contributed by atoms with van der Waals surface area (Å²) in [6, 6.07) is 0. The molecule has 0 aromatic heterocycles. The van der Waals surface area contributed by atoms with Gasteiger partial charge in [0.15, 0.2) is 0 Å². The molecule has 0 aliphatic heterocycles. The van der Waals surface area contributed by atoms with Crippen LogP contribution in [0.5, 0.6) is 0 Å². The van der Waals surface area contributed by atoms with Crippen LogP contribution >= 0.6 is 0 Å². The second kappa shape index (κ2) is 46.2. The summed E-state index contributed by atoms with van der Waals surface area (Å²) in [5, 5.41) is 102. The number of rotatable bonds is 51. The van der Waals surface area contributed by atoms with E-state index in [-0.39, 0.29) is 39.4 Å². The maximum absolute atomic E-state index is 10.8. The molecule has 0 spiro atoms. The lowest BCUT2D eigenvalue weighted by Gasteiger charge is -2.30. The third kappa shape index (κ3) is 38.4. The maximum atomic E-state index is 10.8. The fourth-order valence-corrected chi connectivity index (χ4v) is 8.24. The topological polar surface area (TPSA) is 227 Å². The molecule has 0 aliphatic rings. The summed E-state index contributed by atoms with van der Waals surface area (Å²) >= 11 is 0. The Hall–Kier alpha value is -0.560. The highest BCUT2D eigenvalue weighted by Gasteiger charge is 2.28. The second-order valence-corrected chi connectivity index (χ2v) is 18.8. The van der Waals surface area contributed by atoms with Gasteiger partial charge in [-0.3, -0.25) is 9.80 Å². The summed E-state index contributed by atoms with van der Waals surface area (Å²) in [5.41, 5.74) is 0. The van der Waals surface area contributed by atoms with E-state index >= 15 is 0 Å². The fourth-order valence-electron chi connectivity index (χ4n) is 8.24. The Morgan fingerprint density at radius 1 is 0.328 bits per heavy atom. The highest BCUT2D eigenvalue weighted by molar-refractivity contribution is 4.80. The average molecular weight is 925 g/mol. The van der Waals surface area contributed by atoms with Gasteiger partial charge >= 0.3 is 0 Å². The monoisotopic (exact) mass is 925 g/mol. The molecule has 10 N–H and O–H groups in total. The molecular weight excluding hydrogens is 821 g/mol. The van der Waals surface area contributed by atoms with Crippen molar-refractivity contribution >= 4 is 0 Å². The highest BCUT2D eigenvalue weighted by Crippen LogP contribution is 2.15. The molecule has 8 unspecified atom stereocenters. The van der Waals surface area contributed by atoms with Crippen molar-refractivity contribution in [3.8, 4) is 0 Å². The number of ether oxygens (including phenoxy) is 2. The minimum Gasteiger partial charge on any atom is -0.394 e. The number of hydrogen-bond donors (Lipinski definition) is 10. The molecule has 0 saturated heterocycles. The van der Waals surface area contributed by atoms with Gasteiger partial charge in [0.2, 0.25) is 0 Å². The summed E-state index contributed by atoms with van der Waals surface area (Å²) in [7, 11) is 0. The normalized spacial score (nSPS) is 16.0. The van der Waals surface area contributed by atoms with Crippen LogP contribution in [0.15, 0.2) is 0 Å². The Morgan fingerprint density at radius 3 is 0.875 bits per heavy atom. The van der Waals surface area contributed by atoms with Crippen LogP contribution in [0, 0.1) is 0 Å². The Balaban J connectivity index is 4.75. The van der Waals surface area contributed by atoms with Crippen molar-refractivity contribution in [2.45, 2.75) is 242 Å². The summed E-state index contributed by atoms with van der Waals surface area (Å²) in [4.78, 5) is 3.67. The Labute approximate surface area is 390 Å². The zero-order chi connectivity index (χ0) is 47.5. The van der Waals surface area contributed by atoms with Crippen molar-refractivity contribution < 1.29 is 60.5 Å². The van der Waals surface area contributed by atoms with E-state index < -0.39 is 62.0 Å². The second-order valence-electron chi connectivity index (χ2n) is 18.8. The van der Waals surface area contributed by atoms with E-state index in [0.29, 0.717) is 39.1 Å². The predicted molar refractivity (Wildman–Crippen MR) is 257 cm³/mol. The van der Waals surface area contributed by atoms with E-state index in [2.05, 4.69) is 13.8 Å². The van der Waals surface area contributed by atoms with Crippen LogP contribution in [0.4, 0.5) is 0 Å². The van der Waals surface area contributed by atoms with Crippen LogP contribution in [-0.2, 0) is 9.47 Å². The standard InChI is InChI=1S/C50H104N2O12/c1-3-5-7-9-11-13-15-17-19-21-25-29-33-63-41-43(55)35-51(37-45(57)49(61)47(59)39-53)31-27-23-24-28-32-52(38-46(58)50(62)48(60)40-54)36-44(56)42-64-34-30-26-22-20-18-16-14-12-10-8-6-4-2/h43-50,53-62H,3-42H2,1-2H3. The van der Waals surface area contributed by atoms with E-state index in [9.17, 15) is 51.1 Å². The first-order valence-electron chi connectivity index (χ1n) is 26.3. The lowest BCUT2D eigenvalue weighted by molar-refractivity contribution is -0.0876. The summed E-state index contributed by atoms with van der Waals surface area (Å²) in [6.07, 6.45) is 22.8. The minimum atomic E-state index is -1.54. The summed E-state index contributed by atoms with van der Waals surface area (Å²) in [6.45, 7) is 5.91. The van der Waals surface area contributed by atoms with Crippen LogP contribution in [0.1, 0.15) is 194 Å². The van der Waals surface area contributed by atoms with E-state index in [1.165, 1.54) is 128 Å². The van der Waals surface area contributed by atoms with Gasteiger partial charge in [0, 0.05) is 39.4 Å². The van der Waals surface area contributed by atoms with Crippen LogP contribution in [0.25, 0.3) is 0 Å². The number of nitrogens with zero attached hydrogens (tertiary/aromatic N) is 2. The van der Waals surface area contributed by atoms with Crippen LogP contribution in [0.2, 0.25) is 0 Å². The zero-order valence-corrected chi connectivity index (χ0v) is 41.1. The van der Waals surface area contributed by atoms with Gasteiger partial charge in [0.25, 0.3) is 0 Å². The quantitative estimate of drug-likeness (QED) is 0.0342. The van der Waals surface area contributed by atoms with Gasteiger partial charge in [0.1, 0.15) is 24.4 Å². The third-order valence-electron chi connectivity index (χ3n) is 12.4. The molecule has 14 nitrogen and oxygen atoms in total. The molecule has 0 rings (SSSR count). The van der Waals surface area contributed by atoms with E-state index in [4.69, 9.17) is 9.47 Å². The molecule has 0 bridgehead atoms. The van der Waals surface area contributed by atoms with Gasteiger partial charge in [-0.05, 0) is 38.8 Å². The van der Waals surface area contributed by atoms with Crippen molar-refractivity contribution in [2.24, 2.45) is 0 Å². The molecule has 0 aromatic rings. The molecule has 0 amide bonds. The molecule has 0 aromatic carbocycles. The van der Waals surface area contributed by atoms with E-state index in [0.717, 1.165) is 38.5 Å². The summed E-state index contributed by atoms with van der Waals surface area (Å²) in [5.74, 6) is 0. The molecule has 0 saturated carbocycles. The molecular formula is C50H104N2O12. The van der Waals surface area contributed by atoms with Gasteiger partial charge in [-0.15, -0.1) is 0 Å². The first-order chi connectivity index (χ1) is 31.0. The van der Waals surface area contributed by atoms with Gasteiger partial charge in [-0.2, -0.15) is 0 Å². The van der Waals surface area contributed by atoms with Crippen molar-refractivity contribution in [3.63, 3.8) is 0 Å². The lowest BCUT2D eigenvalue weighted by atomic mass is 10.1. The molecule has 64 heavy (non-hydrogen) atoms. The molecule has 0 fully saturated rings. The predicted octanol–water partition coefficient (Wildman–Crippen LogP) is 5.46. The minimum absolute atomic E-state index is 0.0129. The lowest BCUT2D eigenvalue weighted by Crippen LogP contribution is -2.48. The number of aliphatic hydroxyl groups is 10. The van der Waals surface area contributed by atoms with Crippen LogP contribution < -0.4 is 0 Å². The smallest absolute Gasteiger partial charge is 0.109 e. The average Bonchev–Trinajstić information content (AvgIpc) is 3.28. The zero-order valence-electron chi connectivity index (χ0n) is 41.1. The van der Waals surface area contributed by atoms with Gasteiger partial charge in [0.05, 0.1) is 50.8 Å². The van der Waals surface area contributed by atoms with E-state index in [1.54, 1.807) is 0 Å². The number of aliphatic hydroxyl groups excluding tert-OH is 10. The van der Waals surface area contributed by atoms with Gasteiger partial charge in [-0.1, -0.05) is 168 Å². The SMILES string of the molecule is CCCCCCCCCCCCCCOCC(O)CN(CCCCCCN(CC(O)COCCCCCCCCCCCCCC)CC(O)C(O)C(O)CO)CC(O)C(O)C(O)CO. The Morgan fingerprint density at radius 2 is 0.594 bits per heavy atom. The van der Waals surface area contributed by atoms with Crippen molar-refractivity contribution in [3.05, 3.63) is 0 Å². The molecule has 0 aliphatic carbocycles. The fraction of sp³-hybridized carbons (Fsp3) is 1.00. The number of unbranched alkanes of at least 4 members (excludes halogenated alkanes) is 25. The van der Waals surface area contributed by atoms with Crippen LogP contribution in [0.3, 0.4) is 0 Å². The molecule has 386 valence electrons. The molecule has 0 heterocycles. The van der Waals surface area contributed by atoms with Gasteiger partial charge in [-0.25, -0.2) is 0 Å². The Kier molecular flexibility index (Phi) is 45.8. The highest BCUT2D eigenvalue weighted by atomic mass is 16.5. The molecule has 14 heteroatoms. The van der Waals surface area contributed by atoms with Crippen molar-refractivity contribution in [1.29, 1.82) is 0 Å². The maximum Gasteiger partial charge on any atom is 0.109 e.